The van der Waals surface area contributed by atoms with E-state index >= 15 is 0 Å². The second-order valence-corrected chi connectivity index (χ2v) is 6.17. The van der Waals surface area contributed by atoms with Crippen LogP contribution in [-0.4, -0.2) is 37.4 Å². The molecule has 4 heterocycles. The fourth-order valence-corrected chi connectivity index (χ4v) is 3.31. The van der Waals surface area contributed by atoms with E-state index in [1.54, 1.807) is 6.26 Å². The first-order valence-electron chi connectivity index (χ1n) is 8.46. The highest BCUT2D eigenvalue weighted by atomic mass is 16.5. The predicted molar refractivity (Wildman–Crippen MR) is 86.9 cm³/mol. The minimum atomic E-state index is 0.514. The van der Waals surface area contributed by atoms with Crippen molar-refractivity contribution in [1.29, 1.82) is 0 Å². The smallest absolute Gasteiger partial charge is 0.241 e. The van der Waals surface area contributed by atoms with Crippen LogP contribution >= 0.6 is 0 Å². The predicted octanol–water partition coefficient (Wildman–Crippen LogP) is 2.97. The average Bonchev–Trinajstić information content (AvgIpc) is 3.36. The summed E-state index contributed by atoms with van der Waals surface area (Å²) in [6.07, 6.45) is 10.2. The van der Waals surface area contributed by atoms with E-state index < -0.39 is 0 Å². The molecule has 1 fully saturated rings. The summed E-state index contributed by atoms with van der Waals surface area (Å²) in [5, 5.41) is 8.30. The van der Waals surface area contributed by atoms with Crippen LogP contribution in [0.5, 0.6) is 0 Å². The number of hydrogen-bond donors (Lipinski definition) is 0. The van der Waals surface area contributed by atoms with E-state index in [-0.39, 0.29) is 0 Å². The van der Waals surface area contributed by atoms with Gasteiger partial charge in [0.05, 0.1) is 12.8 Å². The molecular formula is C17H21N5O2. The standard InChI is InChI=1S/C17H21N5O2/c1-2-9-21(14(5-1)7-11-22-10-4-8-18-22)13-16-19-17(20-24-16)15-6-3-12-23-15/h3-4,6,8,10,12,14H,1-2,5,7,9,11,13H2/t14-/m0/s1. The maximum Gasteiger partial charge on any atom is 0.241 e. The molecule has 3 aromatic heterocycles. The molecule has 7 heteroatoms. The zero-order valence-corrected chi connectivity index (χ0v) is 13.5. The molecule has 0 aliphatic carbocycles. The Morgan fingerprint density at radius 2 is 2.25 bits per heavy atom. The minimum absolute atomic E-state index is 0.514. The van der Waals surface area contributed by atoms with Crippen molar-refractivity contribution in [2.45, 2.75) is 44.8 Å². The lowest BCUT2D eigenvalue weighted by atomic mass is 9.99. The zero-order chi connectivity index (χ0) is 16.2. The Bertz CT molecular complexity index is 735. The third-order valence-electron chi connectivity index (χ3n) is 4.55. The molecule has 0 spiro atoms. The first-order chi connectivity index (χ1) is 11.9. The normalized spacial score (nSPS) is 18.9. The van der Waals surface area contributed by atoms with Gasteiger partial charge in [-0.1, -0.05) is 11.6 Å². The average molecular weight is 327 g/mol. The van der Waals surface area contributed by atoms with E-state index in [0.29, 0.717) is 30.1 Å². The van der Waals surface area contributed by atoms with Crippen LogP contribution < -0.4 is 0 Å². The van der Waals surface area contributed by atoms with E-state index in [2.05, 4.69) is 20.1 Å². The highest BCUT2D eigenvalue weighted by Gasteiger charge is 2.24. The second kappa shape index (κ2) is 7.00. The summed E-state index contributed by atoms with van der Waals surface area (Å²) < 4.78 is 12.7. The van der Waals surface area contributed by atoms with Crippen LogP contribution in [0.3, 0.4) is 0 Å². The number of likely N-dealkylation sites (tertiary alicyclic amines) is 1. The molecule has 0 radical (unpaired) electrons. The number of nitrogens with zero attached hydrogens (tertiary/aromatic N) is 5. The maximum absolute atomic E-state index is 5.41. The molecule has 1 saturated heterocycles. The molecule has 1 atom stereocenters. The Labute approximate surface area is 140 Å². The van der Waals surface area contributed by atoms with Crippen LogP contribution in [0.2, 0.25) is 0 Å². The van der Waals surface area contributed by atoms with E-state index in [4.69, 9.17) is 8.94 Å². The highest BCUT2D eigenvalue weighted by molar-refractivity contribution is 5.44. The van der Waals surface area contributed by atoms with E-state index in [0.717, 1.165) is 19.5 Å². The summed E-state index contributed by atoms with van der Waals surface area (Å²) in [5.74, 6) is 1.80. The largest absolute Gasteiger partial charge is 0.461 e. The van der Waals surface area contributed by atoms with E-state index in [1.807, 2.05) is 35.3 Å². The van der Waals surface area contributed by atoms with Crippen molar-refractivity contribution < 1.29 is 8.94 Å². The molecule has 1 aliphatic rings. The third kappa shape index (κ3) is 3.41. The number of aryl methyl sites for hydroxylation is 1. The van der Waals surface area contributed by atoms with Crippen LogP contribution in [0.4, 0.5) is 0 Å². The SMILES string of the molecule is c1coc(-c2noc(CN3CCCC[C@H]3CCn3cccn3)n2)c1. The van der Waals surface area contributed by atoms with Crippen LogP contribution in [0.1, 0.15) is 31.6 Å². The third-order valence-corrected chi connectivity index (χ3v) is 4.55. The molecule has 7 nitrogen and oxygen atoms in total. The molecule has 0 bridgehead atoms. The molecule has 0 aromatic carbocycles. The van der Waals surface area contributed by atoms with Crippen molar-refractivity contribution in [3.8, 4) is 11.6 Å². The molecule has 1 aliphatic heterocycles. The van der Waals surface area contributed by atoms with Crippen molar-refractivity contribution in [3.05, 3.63) is 42.7 Å². The first-order valence-corrected chi connectivity index (χ1v) is 8.46. The molecule has 0 saturated carbocycles. The van der Waals surface area contributed by atoms with Crippen LogP contribution in [0.15, 0.2) is 45.8 Å². The monoisotopic (exact) mass is 327 g/mol. The van der Waals surface area contributed by atoms with Crippen LogP contribution in [0, 0.1) is 0 Å². The number of hydrogen-bond acceptors (Lipinski definition) is 6. The quantitative estimate of drug-likeness (QED) is 0.693. The lowest BCUT2D eigenvalue weighted by Gasteiger charge is -2.34. The minimum Gasteiger partial charge on any atom is -0.461 e. The molecule has 4 rings (SSSR count). The molecule has 3 aromatic rings. The number of rotatable bonds is 6. The van der Waals surface area contributed by atoms with Gasteiger partial charge in [0.25, 0.3) is 0 Å². The van der Waals surface area contributed by atoms with Gasteiger partial charge in [-0.2, -0.15) is 10.1 Å². The second-order valence-electron chi connectivity index (χ2n) is 6.17. The number of aromatic nitrogens is 4. The fraction of sp³-hybridized carbons (Fsp3) is 0.471. The summed E-state index contributed by atoms with van der Waals surface area (Å²) in [5.41, 5.74) is 0. The number of piperidine rings is 1. The summed E-state index contributed by atoms with van der Waals surface area (Å²) >= 11 is 0. The zero-order valence-electron chi connectivity index (χ0n) is 13.5. The van der Waals surface area contributed by atoms with Crippen molar-refractivity contribution in [2.75, 3.05) is 6.54 Å². The van der Waals surface area contributed by atoms with Crippen LogP contribution in [-0.2, 0) is 13.1 Å². The Morgan fingerprint density at radius 3 is 3.08 bits per heavy atom. The molecule has 0 amide bonds. The summed E-state index contributed by atoms with van der Waals surface area (Å²) in [6, 6.07) is 6.15. The van der Waals surface area contributed by atoms with Gasteiger partial charge < -0.3 is 8.94 Å². The van der Waals surface area contributed by atoms with E-state index in [1.165, 1.54) is 19.3 Å². The van der Waals surface area contributed by atoms with Gasteiger partial charge in [0.1, 0.15) is 0 Å². The van der Waals surface area contributed by atoms with Gasteiger partial charge in [-0.25, -0.2) is 0 Å². The van der Waals surface area contributed by atoms with Gasteiger partial charge in [-0.15, -0.1) is 0 Å². The molecule has 0 unspecified atom stereocenters. The van der Waals surface area contributed by atoms with Gasteiger partial charge in [0.2, 0.25) is 11.7 Å². The lowest BCUT2D eigenvalue weighted by Crippen LogP contribution is -2.39. The molecule has 0 N–H and O–H groups in total. The summed E-state index contributed by atoms with van der Waals surface area (Å²) in [4.78, 5) is 6.91. The van der Waals surface area contributed by atoms with Crippen molar-refractivity contribution in [2.24, 2.45) is 0 Å². The Kier molecular flexibility index (Phi) is 4.42. The highest BCUT2D eigenvalue weighted by Crippen LogP contribution is 2.23. The Hall–Kier alpha value is -2.41. The molecular weight excluding hydrogens is 306 g/mol. The fourth-order valence-electron chi connectivity index (χ4n) is 3.31. The van der Waals surface area contributed by atoms with Crippen molar-refractivity contribution >= 4 is 0 Å². The first kappa shape index (κ1) is 15.1. The summed E-state index contributed by atoms with van der Waals surface area (Å²) in [6.45, 7) is 2.70. The van der Waals surface area contributed by atoms with Crippen molar-refractivity contribution in [3.63, 3.8) is 0 Å². The van der Waals surface area contributed by atoms with E-state index in [9.17, 15) is 0 Å². The maximum atomic E-state index is 5.41. The molecule has 24 heavy (non-hydrogen) atoms. The number of furan rings is 1. The topological polar surface area (TPSA) is 73.1 Å². The lowest BCUT2D eigenvalue weighted by molar-refractivity contribution is 0.113. The molecule has 126 valence electrons. The Morgan fingerprint density at radius 1 is 1.25 bits per heavy atom. The Balaban J connectivity index is 1.39. The van der Waals surface area contributed by atoms with Gasteiger partial charge >= 0.3 is 0 Å². The van der Waals surface area contributed by atoms with Crippen LogP contribution in [0.25, 0.3) is 11.6 Å². The van der Waals surface area contributed by atoms with Crippen molar-refractivity contribution in [1.82, 2.24) is 24.8 Å². The summed E-state index contributed by atoms with van der Waals surface area (Å²) in [7, 11) is 0. The van der Waals surface area contributed by atoms with Gasteiger partial charge in [-0.05, 0) is 44.0 Å². The van der Waals surface area contributed by atoms with Gasteiger partial charge in [-0.3, -0.25) is 9.58 Å². The van der Waals surface area contributed by atoms with Gasteiger partial charge in [0.15, 0.2) is 5.76 Å². The van der Waals surface area contributed by atoms with Gasteiger partial charge in [0, 0.05) is 25.0 Å².